The van der Waals surface area contributed by atoms with Crippen LogP contribution >= 0.6 is 11.6 Å². The summed E-state index contributed by atoms with van der Waals surface area (Å²) in [5.74, 6) is 0. The number of aromatic nitrogens is 4. The van der Waals surface area contributed by atoms with Gasteiger partial charge in [-0.3, -0.25) is 0 Å². The predicted octanol–water partition coefficient (Wildman–Crippen LogP) is 4.88. The van der Waals surface area contributed by atoms with E-state index in [1.807, 2.05) is 67.7 Å². The molecule has 2 aromatic carbocycles. The van der Waals surface area contributed by atoms with E-state index in [2.05, 4.69) is 16.1 Å². The van der Waals surface area contributed by atoms with Gasteiger partial charge in [-0.15, -0.1) is 0 Å². The number of pyridine rings is 1. The zero-order valence-corrected chi connectivity index (χ0v) is 18.8. The number of nitrogens with zero attached hydrogens (tertiary/aromatic N) is 4. The highest BCUT2D eigenvalue weighted by Gasteiger charge is 2.41. The molecule has 6 nitrogen and oxygen atoms in total. The smallest absolute Gasteiger partial charge is 0.165 e. The second-order valence-corrected chi connectivity index (χ2v) is 9.35. The van der Waals surface area contributed by atoms with Gasteiger partial charge >= 0.3 is 0 Å². The molecule has 0 amide bonds. The van der Waals surface area contributed by atoms with Crippen molar-refractivity contribution in [3.05, 3.63) is 83.1 Å². The maximum Gasteiger partial charge on any atom is 0.165 e. The van der Waals surface area contributed by atoms with Crippen LogP contribution in [0.5, 0.6) is 0 Å². The van der Waals surface area contributed by atoms with Crippen LogP contribution in [0.25, 0.3) is 39.1 Å². The Balaban J connectivity index is 1.56. The topological polar surface area (TPSA) is 89.3 Å². The van der Waals surface area contributed by atoms with Gasteiger partial charge in [0.15, 0.2) is 11.3 Å². The van der Waals surface area contributed by atoms with Crippen molar-refractivity contribution in [2.24, 2.45) is 5.73 Å². The molecule has 5 aromatic rings. The van der Waals surface area contributed by atoms with Crippen LogP contribution in [0.3, 0.4) is 0 Å². The van der Waals surface area contributed by atoms with E-state index in [1.54, 1.807) is 4.52 Å². The third-order valence-electron chi connectivity index (χ3n) is 6.45. The number of hydrogen-bond acceptors (Lipinski definition) is 5. The summed E-state index contributed by atoms with van der Waals surface area (Å²) < 4.78 is 1.79. The number of benzene rings is 2. The fraction of sp³-hybridized carbons (Fsp3) is 0.192. The van der Waals surface area contributed by atoms with Crippen LogP contribution in [0.2, 0.25) is 5.02 Å². The van der Waals surface area contributed by atoms with Gasteiger partial charge in [-0.2, -0.15) is 9.61 Å². The van der Waals surface area contributed by atoms with E-state index in [-0.39, 0.29) is 6.10 Å². The number of rotatable bonds is 3. The molecule has 0 atom stereocenters. The lowest BCUT2D eigenvalue weighted by Crippen LogP contribution is -2.51. The summed E-state index contributed by atoms with van der Waals surface area (Å²) in [5, 5.41) is 15.9. The van der Waals surface area contributed by atoms with E-state index >= 15 is 0 Å². The second-order valence-electron chi connectivity index (χ2n) is 8.92. The van der Waals surface area contributed by atoms with E-state index in [9.17, 15) is 5.11 Å². The summed E-state index contributed by atoms with van der Waals surface area (Å²) >= 11 is 6.32. The predicted molar refractivity (Wildman–Crippen MR) is 130 cm³/mol. The second kappa shape index (κ2) is 7.35. The summed E-state index contributed by atoms with van der Waals surface area (Å²) in [7, 11) is 0. The van der Waals surface area contributed by atoms with Crippen molar-refractivity contribution in [1.29, 1.82) is 0 Å². The average molecular weight is 456 g/mol. The number of halogens is 1. The van der Waals surface area contributed by atoms with E-state index in [4.69, 9.17) is 22.3 Å². The zero-order valence-electron chi connectivity index (χ0n) is 18.0. The molecule has 6 rings (SSSR count). The Labute approximate surface area is 195 Å². The zero-order chi connectivity index (χ0) is 22.7. The minimum absolute atomic E-state index is 0.320. The molecule has 0 bridgehead atoms. The lowest BCUT2D eigenvalue weighted by Gasteiger charge is -2.42. The van der Waals surface area contributed by atoms with E-state index in [0.29, 0.717) is 17.9 Å². The minimum Gasteiger partial charge on any atom is -0.393 e. The van der Waals surface area contributed by atoms with Crippen LogP contribution in [-0.4, -0.2) is 30.8 Å². The van der Waals surface area contributed by atoms with E-state index in [0.717, 1.165) is 50.3 Å². The molecular formula is C26H22ClN5O. The van der Waals surface area contributed by atoms with Crippen LogP contribution in [0.15, 0.2) is 66.9 Å². The van der Waals surface area contributed by atoms with E-state index in [1.165, 1.54) is 0 Å². The van der Waals surface area contributed by atoms with Gasteiger partial charge in [0, 0.05) is 39.3 Å². The van der Waals surface area contributed by atoms with Gasteiger partial charge in [0.05, 0.1) is 17.5 Å². The van der Waals surface area contributed by atoms with Gasteiger partial charge < -0.3 is 10.8 Å². The maximum atomic E-state index is 9.74. The first kappa shape index (κ1) is 20.3. The molecule has 1 aliphatic carbocycles. The Morgan fingerprint density at radius 2 is 1.85 bits per heavy atom. The van der Waals surface area contributed by atoms with Crippen LogP contribution in [0.1, 0.15) is 24.1 Å². The molecule has 33 heavy (non-hydrogen) atoms. The molecule has 0 saturated heterocycles. The monoisotopic (exact) mass is 455 g/mol. The first-order chi connectivity index (χ1) is 15.9. The third-order valence-corrected chi connectivity index (χ3v) is 6.68. The molecule has 0 spiro atoms. The number of aliphatic hydroxyl groups is 1. The molecule has 0 unspecified atom stereocenters. The van der Waals surface area contributed by atoms with Crippen molar-refractivity contribution in [3.63, 3.8) is 0 Å². The first-order valence-corrected chi connectivity index (χ1v) is 11.3. The number of nitrogens with two attached hydrogens (primary N) is 1. The van der Waals surface area contributed by atoms with Crippen molar-refractivity contribution < 1.29 is 5.11 Å². The Bertz CT molecular complexity index is 1520. The van der Waals surface area contributed by atoms with Crippen molar-refractivity contribution in [3.8, 4) is 22.4 Å². The highest BCUT2D eigenvalue weighted by atomic mass is 35.5. The van der Waals surface area contributed by atoms with Crippen LogP contribution < -0.4 is 5.73 Å². The standard InChI is InChI=1S/C26H22ClN5O/c1-15-9-23-29-14-18-11-22(17-3-2-4-20(27)10-17)24(30-25(18)32(23)31-15)16-5-7-19(8-6-16)26(28)12-21(33)13-26/h2-11,14,21,33H,12-13,28H2,1H3/t21-,26-. The Morgan fingerprint density at radius 1 is 1.06 bits per heavy atom. The van der Waals surface area contributed by atoms with Crippen LogP contribution in [-0.2, 0) is 5.54 Å². The lowest BCUT2D eigenvalue weighted by molar-refractivity contribution is 0.0209. The largest absolute Gasteiger partial charge is 0.393 e. The summed E-state index contributed by atoms with van der Waals surface area (Å²) in [4.78, 5) is 9.62. The Morgan fingerprint density at radius 3 is 2.58 bits per heavy atom. The molecule has 3 N–H and O–H groups in total. The van der Waals surface area contributed by atoms with Crippen LogP contribution in [0, 0.1) is 6.92 Å². The fourth-order valence-electron chi connectivity index (χ4n) is 4.73. The lowest BCUT2D eigenvalue weighted by atomic mass is 9.70. The van der Waals surface area contributed by atoms with Gasteiger partial charge in [0.2, 0.25) is 0 Å². The van der Waals surface area contributed by atoms with Crippen molar-refractivity contribution in [2.75, 3.05) is 0 Å². The SMILES string of the molecule is Cc1cc2ncc3cc(-c4cccc(Cl)c4)c(-c4ccc([C@]5(N)C[C@H](O)C5)cc4)nc3n2n1. The normalized spacial score (nSPS) is 20.3. The van der Waals surface area contributed by atoms with Gasteiger partial charge in [0.25, 0.3) is 0 Å². The molecule has 0 aliphatic heterocycles. The summed E-state index contributed by atoms with van der Waals surface area (Å²) in [5.41, 5.74) is 13.2. The summed E-state index contributed by atoms with van der Waals surface area (Å²) in [6, 6.07) is 20.0. The summed E-state index contributed by atoms with van der Waals surface area (Å²) in [6.45, 7) is 1.94. The molecule has 7 heteroatoms. The highest BCUT2D eigenvalue weighted by molar-refractivity contribution is 6.30. The number of aliphatic hydroxyl groups excluding tert-OH is 1. The molecule has 3 aromatic heterocycles. The molecule has 3 heterocycles. The third kappa shape index (κ3) is 3.38. The molecule has 1 saturated carbocycles. The van der Waals surface area contributed by atoms with Gasteiger partial charge in [-0.25, -0.2) is 9.97 Å². The molecule has 164 valence electrons. The number of hydrogen-bond donors (Lipinski definition) is 2. The van der Waals surface area contributed by atoms with Crippen molar-refractivity contribution in [2.45, 2.75) is 31.4 Å². The minimum atomic E-state index is -0.463. The van der Waals surface area contributed by atoms with Gasteiger partial charge in [0.1, 0.15) is 0 Å². The fourth-order valence-corrected chi connectivity index (χ4v) is 4.92. The molecule has 1 aliphatic rings. The molecule has 1 fully saturated rings. The Hall–Kier alpha value is -3.32. The molecule has 0 radical (unpaired) electrons. The average Bonchev–Trinajstić information content (AvgIpc) is 3.18. The maximum absolute atomic E-state index is 9.74. The van der Waals surface area contributed by atoms with Crippen molar-refractivity contribution >= 4 is 28.3 Å². The number of aryl methyl sites for hydroxylation is 1. The van der Waals surface area contributed by atoms with Crippen LogP contribution in [0.4, 0.5) is 0 Å². The highest BCUT2D eigenvalue weighted by Crippen LogP contribution is 2.40. The first-order valence-electron chi connectivity index (χ1n) is 10.9. The quantitative estimate of drug-likeness (QED) is 0.404. The van der Waals surface area contributed by atoms with Crippen molar-refractivity contribution in [1.82, 2.24) is 19.6 Å². The van der Waals surface area contributed by atoms with Gasteiger partial charge in [-0.05, 0) is 49.1 Å². The number of fused-ring (bicyclic) bond motifs is 3. The Kier molecular flexibility index (Phi) is 4.52. The van der Waals surface area contributed by atoms with Gasteiger partial charge in [-0.1, -0.05) is 48.0 Å². The molecular weight excluding hydrogens is 434 g/mol. The van der Waals surface area contributed by atoms with E-state index < -0.39 is 5.54 Å². The summed E-state index contributed by atoms with van der Waals surface area (Å²) in [6.07, 6.45) is 2.68.